The number of carbonyl (C=O) groups excluding carboxylic acids is 1. The molecule has 9 rings (SSSR count). The normalized spacial score (nSPS) is 11.7. The Morgan fingerprint density at radius 3 is 0.805 bits per heavy atom. The van der Waals surface area contributed by atoms with Crippen molar-refractivity contribution in [3.63, 3.8) is 0 Å². The van der Waals surface area contributed by atoms with Crippen molar-refractivity contribution in [3.05, 3.63) is 255 Å². The SMILES string of the molecule is Fc1c(F)c(F)c([B-](c2c(F)c(F)c(F)c(F)c2F)(c2c(F)c(F)c(F)c(F)c2F)c2c(F)c(F)c(F)c(F)c2F)c(F)c1F.O=C(C[P+](c1ccccc1)(c1ccccc1)c1ccccc1)c1cccc2ccccc12. The summed E-state index contributed by atoms with van der Waals surface area (Å²) >= 11 is 0. The lowest BCUT2D eigenvalue weighted by Gasteiger charge is -2.44. The number of halogens is 20. The zero-order chi connectivity index (χ0) is 56.2. The molecule has 0 fully saturated rings. The van der Waals surface area contributed by atoms with E-state index in [-0.39, 0.29) is 5.78 Å². The molecule has 0 bridgehead atoms. The molecule has 0 saturated carbocycles. The average Bonchev–Trinajstić information content (AvgIpc) is 3.60. The van der Waals surface area contributed by atoms with Crippen molar-refractivity contribution < 1.29 is 92.6 Å². The fraction of sp³-hybridized carbons (Fsp3) is 0.0185. The van der Waals surface area contributed by atoms with E-state index in [1.807, 2.05) is 42.5 Å². The molecule has 0 unspecified atom stereocenters. The summed E-state index contributed by atoms with van der Waals surface area (Å²) in [5.74, 6) is -71.2. The van der Waals surface area contributed by atoms with Gasteiger partial charge in [-0.25, -0.2) is 87.8 Å². The Labute approximate surface area is 420 Å². The largest absolute Gasteiger partial charge is 0.290 e. The predicted molar refractivity (Wildman–Crippen MR) is 248 cm³/mol. The lowest BCUT2D eigenvalue weighted by atomic mass is 9.12. The third-order valence-electron chi connectivity index (χ3n) is 12.8. The van der Waals surface area contributed by atoms with Crippen LogP contribution in [0.1, 0.15) is 10.4 Å². The second kappa shape index (κ2) is 21.2. The maximum absolute atomic E-state index is 15.4. The fourth-order valence-corrected chi connectivity index (χ4v) is 13.5. The molecule has 0 aliphatic heterocycles. The van der Waals surface area contributed by atoms with Gasteiger partial charge in [0.1, 0.15) is 82.0 Å². The maximum Gasteiger partial charge on any atom is 0.201 e. The van der Waals surface area contributed by atoms with Gasteiger partial charge < -0.3 is 0 Å². The predicted octanol–water partition coefficient (Wildman–Crippen LogP) is 11.9. The molecule has 0 spiro atoms. The number of hydrogen-bond donors (Lipinski definition) is 0. The van der Waals surface area contributed by atoms with Crippen molar-refractivity contribution in [2.45, 2.75) is 0 Å². The molecule has 0 amide bonds. The first-order chi connectivity index (χ1) is 36.5. The van der Waals surface area contributed by atoms with Gasteiger partial charge >= 0.3 is 0 Å². The van der Waals surface area contributed by atoms with Crippen LogP contribution in [-0.4, -0.2) is 18.1 Å². The Bertz CT molecular complexity index is 3330. The molecule has 77 heavy (non-hydrogen) atoms. The second-order valence-corrected chi connectivity index (χ2v) is 20.2. The third-order valence-corrected chi connectivity index (χ3v) is 17.1. The monoisotopic (exact) mass is 1110 g/mol. The first-order valence-corrected chi connectivity index (χ1v) is 23.8. The van der Waals surface area contributed by atoms with Crippen molar-refractivity contribution in [2.75, 3.05) is 6.16 Å². The van der Waals surface area contributed by atoms with E-state index in [0.717, 1.165) is 16.3 Å². The third kappa shape index (κ3) is 8.75. The second-order valence-electron chi connectivity index (χ2n) is 16.7. The lowest BCUT2D eigenvalue weighted by Crippen LogP contribution is -2.81. The summed E-state index contributed by atoms with van der Waals surface area (Å²) < 4.78 is 294. The Morgan fingerprint density at radius 2 is 0.519 bits per heavy atom. The Morgan fingerprint density at radius 1 is 0.286 bits per heavy atom. The van der Waals surface area contributed by atoms with Crippen LogP contribution in [0.15, 0.2) is 133 Å². The first-order valence-electron chi connectivity index (χ1n) is 21.8. The summed E-state index contributed by atoms with van der Waals surface area (Å²) in [6, 6.07) is 45.9. The highest BCUT2D eigenvalue weighted by atomic mass is 31.2. The lowest BCUT2D eigenvalue weighted by molar-refractivity contribution is 0.102. The molecule has 394 valence electrons. The van der Waals surface area contributed by atoms with E-state index in [1.54, 1.807) is 0 Å². The van der Waals surface area contributed by atoms with Crippen LogP contribution < -0.4 is 37.8 Å². The Balaban J connectivity index is 0.000000215. The van der Waals surface area contributed by atoms with E-state index in [1.165, 1.54) is 15.9 Å². The molecule has 9 aromatic rings. The highest BCUT2D eigenvalue weighted by Gasteiger charge is 2.53. The van der Waals surface area contributed by atoms with Crippen LogP contribution in [0.2, 0.25) is 0 Å². The first kappa shape index (κ1) is 55.2. The maximum atomic E-state index is 15.4. The summed E-state index contributed by atoms with van der Waals surface area (Å²) in [6.07, 6.45) is -6.76. The van der Waals surface area contributed by atoms with Crippen molar-refractivity contribution >= 4 is 67.7 Å². The van der Waals surface area contributed by atoms with Crippen molar-refractivity contribution in [2.24, 2.45) is 0 Å². The minimum absolute atomic E-state index is 0.187. The molecule has 0 atom stereocenters. The molecule has 0 radical (unpaired) electrons. The van der Waals surface area contributed by atoms with Gasteiger partial charge in [0.2, 0.25) is 5.78 Å². The number of fused-ring (bicyclic) bond motifs is 1. The van der Waals surface area contributed by atoms with E-state index < -0.39 is 152 Å². The van der Waals surface area contributed by atoms with Crippen LogP contribution in [-0.2, 0) is 0 Å². The summed E-state index contributed by atoms with van der Waals surface area (Å²) in [7, 11) is -2.20. The molecule has 23 heteroatoms. The van der Waals surface area contributed by atoms with Crippen LogP contribution in [0.4, 0.5) is 87.8 Å². The quantitative estimate of drug-likeness (QED) is 0.0333. The number of carbonyl (C=O) groups is 1. The van der Waals surface area contributed by atoms with Crippen LogP contribution in [0, 0.1) is 116 Å². The van der Waals surface area contributed by atoms with Gasteiger partial charge in [-0.3, -0.25) is 4.79 Å². The number of benzene rings is 9. The van der Waals surface area contributed by atoms with Crippen molar-refractivity contribution in [3.8, 4) is 0 Å². The zero-order valence-corrected chi connectivity index (χ0v) is 38.8. The summed E-state index contributed by atoms with van der Waals surface area (Å²) in [5.41, 5.74) is -13.5. The standard InChI is InChI=1S/C30H24OP.C24BF20/c31-30(29-22-12-14-24-13-10-11-21-28(24)29)23-32(25-15-4-1-5-16-25,26-17-6-2-7-18-26)27-19-8-3-9-20-27;26-5-1(6(27)14(35)21(42)13(5)34)25(2-7(28)15(36)22(43)16(37)8(2)29,3-9(30)17(38)23(44)18(39)10(3)31)4-11(32)19(40)24(45)20(41)12(4)33/h1-22H,23H2;/q+1;-1. The molecule has 0 aromatic heterocycles. The van der Waals surface area contributed by atoms with Crippen LogP contribution in [0.25, 0.3) is 10.8 Å². The molecule has 0 aliphatic carbocycles. The van der Waals surface area contributed by atoms with Gasteiger partial charge in [-0.15, -0.1) is 21.9 Å². The van der Waals surface area contributed by atoms with Gasteiger partial charge in [0, 0.05) is 5.56 Å². The summed E-state index contributed by atoms with van der Waals surface area (Å²) in [4.78, 5) is 14.0. The summed E-state index contributed by atoms with van der Waals surface area (Å²) in [5, 5.41) is 5.80. The zero-order valence-electron chi connectivity index (χ0n) is 37.9. The van der Waals surface area contributed by atoms with Gasteiger partial charge in [0.05, 0.1) is 0 Å². The Kier molecular flexibility index (Phi) is 15.2. The number of ketones is 1. The van der Waals surface area contributed by atoms with Crippen molar-refractivity contribution in [1.29, 1.82) is 0 Å². The minimum atomic E-state index is -7.22. The van der Waals surface area contributed by atoms with Crippen LogP contribution in [0.3, 0.4) is 0 Å². The topological polar surface area (TPSA) is 17.1 Å². The molecule has 0 N–H and O–H groups in total. The summed E-state index contributed by atoms with van der Waals surface area (Å²) in [6.45, 7) is 0. The fourth-order valence-electron chi connectivity index (χ4n) is 9.41. The minimum Gasteiger partial charge on any atom is -0.290 e. The molecule has 0 aliphatic rings. The molecular weight excluding hydrogens is 1090 g/mol. The van der Waals surface area contributed by atoms with Crippen LogP contribution >= 0.6 is 7.26 Å². The van der Waals surface area contributed by atoms with E-state index in [9.17, 15) is 57.5 Å². The van der Waals surface area contributed by atoms with Gasteiger partial charge in [-0.05, 0) is 47.2 Å². The van der Waals surface area contributed by atoms with Crippen molar-refractivity contribution in [1.82, 2.24) is 0 Å². The van der Waals surface area contributed by atoms with Crippen LogP contribution in [0.5, 0.6) is 0 Å². The van der Waals surface area contributed by atoms with Gasteiger partial charge in [0.25, 0.3) is 0 Å². The molecule has 0 saturated heterocycles. The average molecular weight is 1110 g/mol. The smallest absolute Gasteiger partial charge is 0.201 e. The van der Waals surface area contributed by atoms with E-state index in [0.29, 0.717) is 6.16 Å². The molecule has 0 heterocycles. The van der Waals surface area contributed by atoms with E-state index in [4.69, 9.17) is 0 Å². The number of Topliss-reactive ketones (excluding diaryl/α,β-unsaturated/α-hetero) is 1. The van der Waals surface area contributed by atoms with E-state index in [2.05, 4.69) is 91.0 Å². The molecular formula is C54H24BF20OP. The molecule has 1 nitrogen and oxygen atoms in total. The molecule has 9 aromatic carbocycles. The van der Waals surface area contributed by atoms with Gasteiger partial charge in [-0.2, -0.15) is 0 Å². The Hall–Kier alpha value is -8.00. The number of rotatable bonds is 10. The van der Waals surface area contributed by atoms with Gasteiger partial charge in [-0.1, -0.05) is 97.1 Å². The van der Waals surface area contributed by atoms with Gasteiger partial charge in [0.15, 0.2) is 69.8 Å². The van der Waals surface area contributed by atoms with E-state index >= 15 is 35.1 Å². The highest BCUT2D eigenvalue weighted by Crippen LogP contribution is 2.55. The highest BCUT2D eigenvalue weighted by molar-refractivity contribution is 7.96. The number of hydrogen-bond acceptors (Lipinski definition) is 1.